The predicted octanol–water partition coefficient (Wildman–Crippen LogP) is 3.63. The third-order valence-corrected chi connectivity index (χ3v) is 7.13. The van der Waals surface area contributed by atoms with Crippen LogP contribution >= 0.6 is 11.6 Å². The van der Waals surface area contributed by atoms with Crippen LogP contribution in [0.3, 0.4) is 0 Å². The van der Waals surface area contributed by atoms with Gasteiger partial charge in [-0.3, -0.25) is 9.29 Å². The zero-order valence-electron chi connectivity index (χ0n) is 15.4. The van der Waals surface area contributed by atoms with Gasteiger partial charge in [0.1, 0.15) is 4.90 Å². The lowest BCUT2D eigenvalue weighted by Gasteiger charge is -2.21. The van der Waals surface area contributed by atoms with E-state index >= 15 is 0 Å². The molecule has 1 fully saturated rings. The molecule has 1 aliphatic heterocycles. The lowest BCUT2D eigenvalue weighted by atomic mass is 10.2. The molecule has 1 saturated carbocycles. The minimum Gasteiger partial charge on any atom is -0.448 e. The molecule has 1 spiro atoms. The van der Waals surface area contributed by atoms with Gasteiger partial charge in [0, 0.05) is 32.0 Å². The molecule has 1 aromatic heterocycles. The van der Waals surface area contributed by atoms with E-state index in [1.165, 1.54) is 23.7 Å². The molecule has 1 N–H and O–H groups in total. The molecular formula is C19H17ClN2O6S. The number of fused-ring (bicyclic) bond motifs is 2. The number of halogens is 1. The van der Waals surface area contributed by atoms with E-state index in [-0.39, 0.29) is 15.5 Å². The van der Waals surface area contributed by atoms with Crippen LogP contribution in [0, 0.1) is 0 Å². The second-order valence-corrected chi connectivity index (χ2v) is 9.32. The zero-order valence-corrected chi connectivity index (χ0v) is 17.0. The Bertz CT molecular complexity index is 1300. The van der Waals surface area contributed by atoms with Crippen molar-refractivity contribution in [2.24, 2.45) is 7.05 Å². The molecule has 3 aromatic rings. The quantitative estimate of drug-likeness (QED) is 0.673. The summed E-state index contributed by atoms with van der Waals surface area (Å²) in [4.78, 5) is 11.5. The van der Waals surface area contributed by atoms with Crippen LogP contribution in [0.5, 0.6) is 11.5 Å². The van der Waals surface area contributed by atoms with Crippen LogP contribution in [0.1, 0.15) is 25.7 Å². The number of oxazole rings is 1. The van der Waals surface area contributed by atoms with Crippen molar-refractivity contribution in [1.82, 2.24) is 4.57 Å². The first kappa shape index (κ1) is 18.4. The highest BCUT2D eigenvalue weighted by molar-refractivity contribution is 7.92. The fraction of sp³-hybridized carbons (Fsp3) is 0.316. The average Bonchev–Trinajstić information content (AvgIpc) is 3.33. The summed E-state index contributed by atoms with van der Waals surface area (Å²) in [6.45, 7) is 0. The lowest BCUT2D eigenvalue weighted by molar-refractivity contribution is -0.0716. The Morgan fingerprint density at radius 1 is 1.10 bits per heavy atom. The van der Waals surface area contributed by atoms with E-state index in [9.17, 15) is 13.2 Å². The van der Waals surface area contributed by atoms with Crippen LogP contribution in [0.2, 0.25) is 5.02 Å². The number of sulfonamides is 1. The molecule has 0 bridgehead atoms. The number of nitrogens with one attached hydrogen (secondary N) is 1. The maximum Gasteiger partial charge on any atom is 0.419 e. The minimum absolute atomic E-state index is 0.0212. The topological polar surface area (TPSA) is 99.8 Å². The van der Waals surface area contributed by atoms with Gasteiger partial charge in [-0.2, -0.15) is 0 Å². The first-order chi connectivity index (χ1) is 13.8. The Morgan fingerprint density at radius 2 is 1.83 bits per heavy atom. The molecular weight excluding hydrogens is 420 g/mol. The largest absolute Gasteiger partial charge is 0.448 e. The highest BCUT2D eigenvalue weighted by Crippen LogP contribution is 2.47. The van der Waals surface area contributed by atoms with Crippen LogP contribution in [-0.2, 0) is 17.1 Å². The second kappa shape index (κ2) is 6.17. The van der Waals surface area contributed by atoms with Gasteiger partial charge in [-0.1, -0.05) is 11.6 Å². The Balaban J connectivity index is 1.47. The van der Waals surface area contributed by atoms with Gasteiger partial charge in [0.05, 0.1) is 16.2 Å². The molecule has 10 heteroatoms. The van der Waals surface area contributed by atoms with Crippen molar-refractivity contribution >= 4 is 38.4 Å². The molecule has 1 aliphatic carbocycles. The number of hydrogen-bond acceptors (Lipinski definition) is 6. The summed E-state index contributed by atoms with van der Waals surface area (Å²) in [6.07, 6.45) is 3.68. The summed E-state index contributed by atoms with van der Waals surface area (Å²) < 4.78 is 46.6. The molecule has 0 amide bonds. The number of benzene rings is 2. The van der Waals surface area contributed by atoms with E-state index < -0.39 is 21.6 Å². The Morgan fingerprint density at radius 3 is 2.59 bits per heavy atom. The number of aryl methyl sites for hydroxylation is 1. The van der Waals surface area contributed by atoms with Crippen molar-refractivity contribution in [3.63, 3.8) is 0 Å². The van der Waals surface area contributed by atoms with Gasteiger partial charge < -0.3 is 13.9 Å². The summed E-state index contributed by atoms with van der Waals surface area (Å²) in [6, 6.07) is 7.50. The predicted molar refractivity (Wildman–Crippen MR) is 106 cm³/mol. The number of hydrogen-bond donors (Lipinski definition) is 1. The number of aromatic nitrogens is 1. The summed E-state index contributed by atoms with van der Waals surface area (Å²) >= 11 is 6.19. The van der Waals surface area contributed by atoms with Gasteiger partial charge in [-0.05, 0) is 31.0 Å². The van der Waals surface area contributed by atoms with E-state index in [0.29, 0.717) is 22.7 Å². The molecule has 29 heavy (non-hydrogen) atoms. The normalized spacial score (nSPS) is 17.3. The van der Waals surface area contributed by atoms with Crippen LogP contribution in [0.15, 0.2) is 44.4 Å². The Hall–Kier alpha value is -2.65. The summed E-state index contributed by atoms with van der Waals surface area (Å²) in [5.74, 6) is -0.128. The Labute approximate surface area is 171 Å². The fourth-order valence-electron chi connectivity index (χ4n) is 3.82. The number of anilines is 1. The van der Waals surface area contributed by atoms with E-state index in [4.69, 9.17) is 25.5 Å². The molecule has 5 rings (SSSR count). The van der Waals surface area contributed by atoms with Crippen molar-refractivity contribution < 1.29 is 22.3 Å². The van der Waals surface area contributed by atoms with Crippen LogP contribution in [0.4, 0.5) is 5.69 Å². The average molecular weight is 437 g/mol. The molecule has 0 radical (unpaired) electrons. The minimum atomic E-state index is -4.03. The zero-order chi connectivity index (χ0) is 20.4. The molecule has 2 aliphatic rings. The molecule has 2 heterocycles. The maximum atomic E-state index is 12.9. The monoisotopic (exact) mass is 436 g/mol. The molecule has 2 aromatic carbocycles. The summed E-state index contributed by atoms with van der Waals surface area (Å²) in [5, 5.41) is -0.0212. The van der Waals surface area contributed by atoms with E-state index in [0.717, 1.165) is 25.7 Å². The van der Waals surface area contributed by atoms with Gasteiger partial charge in [0.25, 0.3) is 15.8 Å². The summed E-state index contributed by atoms with van der Waals surface area (Å²) in [7, 11) is -2.52. The molecule has 152 valence electrons. The van der Waals surface area contributed by atoms with Gasteiger partial charge in [0.2, 0.25) is 0 Å². The van der Waals surface area contributed by atoms with Crippen LogP contribution in [0.25, 0.3) is 11.1 Å². The van der Waals surface area contributed by atoms with Gasteiger partial charge in [0.15, 0.2) is 17.1 Å². The maximum absolute atomic E-state index is 12.9. The fourth-order valence-corrected chi connectivity index (χ4v) is 5.41. The highest BCUT2D eigenvalue weighted by Gasteiger charge is 2.44. The number of nitrogens with zero attached hydrogens (tertiary/aromatic N) is 1. The number of ether oxygens (including phenoxy) is 2. The second-order valence-electron chi connectivity index (χ2n) is 7.27. The van der Waals surface area contributed by atoms with E-state index in [1.807, 2.05) is 0 Å². The van der Waals surface area contributed by atoms with Crippen molar-refractivity contribution in [1.29, 1.82) is 0 Å². The van der Waals surface area contributed by atoms with Crippen molar-refractivity contribution in [2.75, 3.05) is 4.72 Å². The van der Waals surface area contributed by atoms with Gasteiger partial charge in [-0.25, -0.2) is 13.2 Å². The lowest BCUT2D eigenvalue weighted by Crippen LogP contribution is -2.34. The van der Waals surface area contributed by atoms with Crippen molar-refractivity contribution in [2.45, 2.75) is 36.4 Å². The Kier molecular flexibility index (Phi) is 3.91. The molecule has 0 saturated heterocycles. The third-order valence-electron chi connectivity index (χ3n) is 5.29. The first-order valence-corrected chi connectivity index (χ1v) is 11.0. The standard InChI is InChI=1S/C19H17ClN2O6S/c1-22-13-9-12(20)17(10-15(13)26-18(22)23)29(24,25)21-11-4-5-14-16(8-11)28-19(27-14)6-2-3-7-19/h4-5,8-10,21H,2-3,6-7H2,1H3. The molecule has 0 atom stereocenters. The van der Waals surface area contributed by atoms with Crippen LogP contribution < -0.4 is 20.0 Å². The highest BCUT2D eigenvalue weighted by atomic mass is 35.5. The van der Waals surface area contributed by atoms with Gasteiger partial charge >= 0.3 is 5.76 Å². The van der Waals surface area contributed by atoms with Crippen molar-refractivity contribution in [3.8, 4) is 11.5 Å². The van der Waals surface area contributed by atoms with Crippen molar-refractivity contribution in [3.05, 3.63) is 45.9 Å². The smallest absolute Gasteiger partial charge is 0.419 e. The van der Waals surface area contributed by atoms with E-state index in [1.54, 1.807) is 18.2 Å². The summed E-state index contributed by atoms with van der Waals surface area (Å²) in [5.41, 5.74) is 0.855. The SMILES string of the molecule is Cn1c(=O)oc2cc(S(=O)(=O)Nc3ccc4c(c3)OC3(CCCC3)O4)c(Cl)cc21. The van der Waals surface area contributed by atoms with Gasteiger partial charge in [-0.15, -0.1) is 0 Å². The number of rotatable bonds is 3. The van der Waals surface area contributed by atoms with E-state index in [2.05, 4.69) is 4.72 Å². The van der Waals surface area contributed by atoms with Crippen LogP contribution in [-0.4, -0.2) is 18.8 Å². The third kappa shape index (κ3) is 2.96. The molecule has 8 nitrogen and oxygen atoms in total. The first-order valence-electron chi connectivity index (χ1n) is 9.10. The molecule has 0 unspecified atom stereocenters.